The molecule has 0 N–H and O–H groups in total. The molecule has 144 valence electrons. The van der Waals surface area contributed by atoms with Gasteiger partial charge in [0.2, 0.25) is 12.7 Å². The van der Waals surface area contributed by atoms with Crippen LogP contribution >= 0.6 is 0 Å². The van der Waals surface area contributed by atoms with Gasteiger partial charge < -0.3 is 4.74 Å². The van der Waals surface area contributed by atoms with Crippen LogP contribution in [0.25, 0.3) is 0 Å². The minimum atomic E-state index is -1.75. The summed E-state index contributed by atoms with van der Waals surface area (Å²) >= 11 is 0. The Balaban J connectivity index is 0.000000855. The van der Waals surface area contributed by atoms with E-state index in [-0.39, 0.29) is 12.7 Å². The molecule has 0 amide bonds. The molecule has 3 rings (SSSR count). The molecule has 2 aromatic rings. The lowest BCUT2D eigenvalue weighted by Gasteiger charge is -2.26. The van der Waals surface area contributed by atoms with Crippen molar-refractivity contribution in [2.24, 2.45) is 5.92 Å². The van der Waals surface area contributed by atoms with Crippen molar-refractivity contribution >= 4 is 0 Å². The van der Waals surface area contributed by atoms with Crippen LogP contribution in [0.3, 0.4) is 0 Å². The summed E-state index contributed by atoms with van der Waals surface area (Å²) in [7, 11) is 0. The molecule has 0 saturated heterocycles. The average molecular weight is 370 g/mol. The number of aryl methyl sites for hydroxylation is 1. The summed E-state index contributed by atoms with van der Waals surface area (Å²) in [6.07, 6.45) is 4.99. The Bertz CT molecular complexity index is 698. The Morgan fingerprint density at radius 1 is 0.923 bits per heavy atom. The third-order valence-electron chi connectivity index (χ3n) is 4.84. The van der Waals surface area contributed by atoms with Gasteiger partial charge in [-0.25, -0.2) is 13.2 Å². The summed E-state index contributed by atoms with van der Waals surface area (Å²) in [6.45, 7) is 2.09. The second-order valence-electron chi connectivity index (χ2n) is 6.74. The first-order chi connectivity index (χ1) is 12.5. The van der Waals surface area contributed by atoms with Crippen LogP contribution in [0.1, 0.15) is 51.1 Å². The van der Waals surface area contributed by atoms with E-state index < -0.39 is 18.6 Å². The summed E-state index contributed by atoms with van der Waals surface area (Å²) in [5.41, 5.74) is 1.58. The van der Waals surface area contributed by atoms with E-state index in [1.807, 2.05) is 24.3 Å². The maximum absolute atomic E-state index is 13.9. The first-order valence-corrected chi connectivity index (χ1v) is 8.80. The fourth-order valence-corrected chi connectivity index (χ4v) is 3.24. The molecule has 0 atom stereocenters. The lowest BCUT2D eigenvalue weighted by atomic mass is 9.79. The maximum atomic E-state index is 13.9. The molecule has 0 aromatic heterocycles. The highest BCUT2D eigenvalue weighted by molar-refractivity contribution is 5.37. The molecule has 0 spiro atoms. The molecule has 26 heavy (non-hydrogen) atoms. The number of rotatable bonds is 3. The number of halogens is 4. The minimum Gasteiger partial charge on any atom is -0.454 e. The Labute approximate surface area is 153 Å². The van der Waals surface area contributed by atoms with E-state index in [4.69, 9.17) is 4.74 Å². The molecular weight excluding hydrogens is 344 g/mol. The second-order valence-corrected chi connectivity index (χ2v) is 6.74. The maximum Gasteiger partial charge on any atom is 0.229 e. The van der Waals surface area contributed by atoms with Crippen LogP contribution in [0.4, 0.5) is 17.6 Å². The van der Waals surface area contributed by atoms with Crippen LogP contribution in [0.15, 0.2) is 36.4 Å². The molecule has 0 heterocycles. The first kappa shape index (κ1) is 20.3. The summed E-state index contributed by atoms with van der Waals surface area (Å²) in [4.78, 5) is 0. The molecular formula is C21H26F4O. The largest absolute Gasteiger partial charge is 0.454 e. The van der Waals surface area contributed by atoms with Crippen LogP contribution in [0.5, 0.6) is 11.5 Å². The molecule has 1 fully saturated rings. The van der Waals surface area contributed by atoms with Crippen LogP contribution in [-0.2, 0) is 0 Å². The van der Waals surface area contributed by atoms with Gasteiger partial charge >= 0.3 is 0 Å². The molecule has 1 nitrogen and oxygen atoms in total. The van der Waals surface area contributed by atoms with Gasteiger partial charge in [-0.1, -0.05) is 38.0 Å². The number of benzene rings is 2. The SMILES string of the molecule is Cc1ccc(Oc2ccc(C3CCC(C)CC3)cc2)c(F)c1F.FCF.[HH]. The van der Waals surface area contributed by atoms with Crippen molar-refractivity contribution in [3.05, 3.63) is 59.2 Å². The third kappa shape index (κ3) is 5.23. The Morgan fingerprint density at radius 2 is 1.50 bits per heavy atom. The van der Waals surface area contributed by atoms with Crippen molar-refractivity contribution in [3.63, 3.8) is 0 Å². The number of ether oxygens (including phenoxy) is 1. The van der Waals surface area contributed by atoms with Crippen LogP contribution in [0, 0.1) is 24.5 Å². The van der Waals surface area contributed by atoms with Crippen molar-refractivity contribution < 1.29 is 23.7 Å². The van der Waals surface area contributed by atoms with Gasteiger partial charge in [-0.15, -0.1) is 0 Å². The Hall–Kier alpha value is -2.04. The molecule has 5 heteroatoms. The van der Waals surface area contributed by atoms with E-state index in [1.54, 1.807) is 0 Å². The quantitative estimate of drug-likeness (QED) is 0.509. The van der Waals surface area contributed by atoms with Crippen LogP contribution in [0.2, 0.25) is 0 Å². The number of hydrogen-bond acceptors (Lipinski definition) is 1. The normalized spacial score (nSPS) is 19.5. The van der Waals surface area contributed by atoms with Crippen molar-refractivity contribution in [1.29, 1.82) is 0 Å². The van der Waals surface area contributed by atoms with E-state index in [2.05, 4.69) is 6.92 Å². The summed E-state index contributed by atoms with van der Waals surface area (Å²) in [6, 6.07) is 10.7. The molecule has 1 aliphatic carbocycles. The predicted octanol–water partition coefficient (Wildman–Crippen LogP) is 7.49. The van der Waals surface area contributed by atoms with Gasteiger partial charge in [0.1, 0.15) is 5.75 Å². The predicted molar refractivity (Wildman–Crippen MR) is 97.2 cm³/mol. The zero-order valence-electron chi connectivity index (χ0n) is 15.1. The summed E-state index contributed by atoms with van der Waals surface area (Å²) < 4.78 is 52.2. The number of alkyl halides is 2. The highest BCUT2D eigenvalue weighted by Crippen LogP contribution is 2.36. The van der Waals surface area contributed by atoms with Crippen molar-refractivity contribution in [1.82, 2.24) is 0 Å². The molecule has 0 unspecified atom stereocenters. The average Bonchev–Trinajstić information content (AvgIpc) is 2.64. The molecule has 0 radical (unpaired) electrons. The molecule has 1 aliphatic rings. The van der Waals surface area contributed by atoms with Crippen molar-refractivity contribution in [3.8, 4) is 11.5 Å². The van der Waals surface area contributed by atoms with Gasteiger partial charge in [0.15, 0.2) is 11.6 Å². The van der Waals surface area contributed by atoms with Gasteiger partial charge in [-0.2, -0.15) is 4.39 Å². The molecule has 2 aromatic carbocycles. The highest BCUT2D eigenvalue weighted by Gasteiger charge is 2.19. The van der Waals surface area contributed by atoms with E-state index in [0.717, 1.165) is 5.92 Å². The monoisotopic (exact) mass is 370 g/mol. The topological polar surface area (TPSA) is 9.23 Å². The van der Waals surface area contributed by atoms with Crippen molar-refractivity contribution in [2.75, 3.05) is 6.93 Å². The first-order valence-electron chi connectivity index (χ1n) is 8.80. The zero-order valence-corrected chi connectivity index (χ0v) is 15.1. The zero-order chi connectivity index (χ0) is 19.1. The van der Waals surface area contributed by atoms with E-state index in [0.29, 0.717) is 11.7 Å². The fraction of sp³-hybridized carbons (Fsp3) is 0.429. The van der Waals surface area contributed by atoms with Crippen LogP contribution in [-0.4, -0.2) is 6.93 Å². The van der Waals surface area contributed by atoms with Gasteiger partial charge in [0, 0.05) is 1.43 Å². The van der Waals surface area contributed by atoms with E-state index in [1.165, 1.54) is 50.3 Å². The lowest BCUT2D eigenvalue weighted by Crippen LogP contribution is -2.10. The van der Waals surface area contributed by atoms with E-state index >= 15 is 0 Å². The molecule has 0 aliphatic heterocycles. The highest BCUT2D eigenvalue weighted by atomic mass is 19.3. The standard InChI is InChI=1S/C20H22F2O.CH2F2.H2/c1-13-3-6-15(7-4-13)16-8-10-17(11-9-16)23-18-12-5-14(2)19(21)20(18)22;2-1-3;/h5,8-13,15H,3-4,6-7H2,1-2H3;1H2;1H. The third-order valence-corrected chi connectivity index (χ3v) is 4.84. The molecule has 1 saturated carbocycles. The van der Waals surface area contributed by atoms with Crippen molar-refractivity contribution in [2.45, 2.75) is 45.4 Å². The lowest BCUT2D eigenvalue weighted by molar-refractivity contribution is 0.295. The number of hydrogen-bond donors (Lipinski definition) is 0. The Morgan fingerprint density at radius 3 is 2.08 bits per heavy atom. The summed E-state index contributed by atoms with van der Waals surface area (Å²) in [5.74, 6) is 0.0975. The van der Waals surface area contributed by atoms with Gasteiger partial charge in [0.25, 0.3) is 0 Å². The minimum absolute atomic E-state index is 0. The Kier molecular flexibility index (Phi) is 7.49. The van der Waals surface area contributed by atoms with Gasteiger partial charge in [0.05, 0.1) is 0 Å². The van der Waals surface area contributed by atoms with Gasteiger partial charge in [-0.05, 0) is 60.9 Å². The molecule has 0 bridgehead atoms. The van der Waals surface area contributed by atoms with E-state index in [9.17, 15) is 17.6 Å². The smallest absolute Gasteiger partial charge is 0.229 e. The van der Waals surface area contributed by atoms with Crippen LogP contribution < -0.4 is 4.74 Å². The fourth-order valence-electron chi connectivity index (χ4n) is 3.24. The second kappa shape index (κ2) is 9.60. The summed E-state index contributed by atoms with van der Waals surface area (Å²) in [5, 5.41) is 0. The van der Waals surface area contributed by atoms with Gasteiger partial charge in [-0.3, -0.25) is 0 Å².